The Balaban J connectivity index is 1.85. The van der Waals surface area contributed by atoms with E-state index in [2.05, 4.69) is 15.5 Å². The maximum absolute atomic E-state index is 12.4. The molecule has 2 amide bonds. The number of hydrogen-bond acceptors (Lipinski definition) is 5. The van der Waals surface area contributed by atoms with Gasteiger partial charge in [0, 0.05) is 13.5 Å². The van der Waals surface area contributed by atoms with Crippen LogP contribution >= 0.6 is 11.3 Å². The number of benzene rings is 1. The zero-order chi connectivity index (χ0) is 14.8. The van der Waals surface area contributed by atoms with Gasteiger partial charge in [-0.1, -0.05) is 41.7 Å². The molecular weight excluding hydrogens is 288 g/mol. The van der Waals surface area contributed by atoms with Crippen LogP contribution in [0.4, 0.5) is 5.13 Å². The zero-order valence-electron chi connectivity index (χ0n) is 11.4. The Hall–Kier alpha value is -2.28. The van der Waals surface area contributed by atoms with Crippen LogP contribution in [0.3, 0.4) is 0 Å². The van der Waals surface area contributed by atoms with Gasteiger partial charge in [0.05, 0.1) is 12.0 Å². The maximum Gasteiger partial charge on any atom is 0.232 e. The van der Waals surface area contributed by atoms with Crippen LogP contribution in [0.2, 0.25) is 0 Å². The van der Waals surface area contributed by atoms with E-state index < -0.39 is 5.92 Å². The lowest BCUT2D eigenvalue weighted by atomic mass is 9.93. The van der Waals surface area contributed by atoms with Crippen molar-refractivity contribution >= 4 is 28.3 Å². The van der Waals surface area contributed by atoms with Crippen LogP contribution in [0.5, 0.6) is 0 Å². The average Bonchev–Trinajstić information content (AvgIpc) is 3.09. The van der Waals surface area contributed by atoms with Gasteiger partial charge in [0.1, 0.15) is 5.51 Å². The molecule has 0 unspecified atom stereocenters. The molecule has 2 heterocycles. The van der Waals surface area contributed by atoms with E-state index in [1.807, 2.05) is 30.3 Å². The smallest absolute Gasteiger partial charge is 0.232 e. The first-order chi connectivity index (χ1) is 10.2. The predicted molar refractivity (Wildman–Crippen MR) is 78.6 cm³/mol. The minimum Gasteiger partial charge on any atom is -0.338 e. The minimum absolute atomic E-state index is 0.0266. The molecule has 0 spiro atoms. The second kappa shape index (κ2) is 5.61. The lowest BCUT2D eigenvalue weighted by molar-refractivity contribution is -0.127. The monoisotopic (exact) mass is 302 g/mol. The van der Waals surface area contributed by atoms with Gasteiger partial charge in [-0.25, -0.2) is 0 Å². The molecule has 108 valence electrons. The van der Waals surface area contributed by atoms with E-state index in [0.717, 1.165) is 5.56 Å². The van der Waals surface area contributed by atoms with Crippen molar-refractivity contribution in [2.24, 2.45) is 5.92 Å². The molecule has 3 rings (SSSR count). The molecular formula is C14H14N4O2S. The third-order valence-electron chi connectivity index (χ3n) is 3.65. The van der Waals surface area contributed by atoms with E-state index in [-0.39, 0.29) is 24.3 Å². The SMILES string of the molecule is CN1C(=O)C[C@H](C(=O)Nc2nncs2)[C@@H]1c1ccccc1. The number of nitrogens with one attached hydrogen (secondary N) is 1. The highest BCUT2D eigenvalue weighted by Gasteiger charge is 2.42. The number of carbonyl (C=O) groups excluding carboxylic acids is 2. The van der Waals surface area contributed by atoms with Gasteiger partial charge < -0.3 is 10.2 Å². The summed E-state index contributed by atoms with van der Waals surface area (Å²) in [7, 11) is 1.73. The molecule has 1 aromatic heterocycles. The number of likely N-dealkylation sites (tertiary alicyclic amines) is 1. The summed E-state index contributed by atoms with van der Waals surface area (Å²) in [6, 6.07) is 9.36. The lowest BCUT2D eigenvalue weighted by Gasteiger charge is -2.24. The molecule has 1 aliphatic rings. The second-order valence-corrected chi connectivity index (χ2v) is 5.74. The van der Waals surface area contributed by atoms with Crippen LogP contribution in [-0.2, 0) is 9.59 Å². The first kappa shape index (κ1) is 13.7. The molecule has 0 saturated carbocycles. The van der Waals surface area contributed by atoms with Crippen molar-refractivity contribution in [1.29, 1.82) is 0 Å². The molecule has 0 aliphatic carbocycles. The number of amides is 2. The molecule has 0 bridgehead atoms. The minimum atomic E-state index is -0.422. The number of aromatic nitrogens is 2. The van der Waals surface area contributed by atoms with Gasteiger partial charge in [0.15, 0.2) is 0 Å². The summed E-state index contributed by atoms with van der Waals surface area (Å²) in [6.45, 7) is 0. The summed E-state index contributed by atoms with van der Waals surface area (Å²) >= 11 is 1.26. The molecule has 2 aromatic rings. The maximum atomic E-state index is 12.4. The van der Waals surface area contributed by atoms with Crippen LogP contribution in [-0.4, -0.2) is 34.0 Å². The summed E-state index contributed by atoms with van der Waals surface area (Å²) in [5.74, 6) is -0.645. The van der Waals surface area contributed by atoms with E-state index >= 15 is 0 Å². The Morgan fingerprint density at radius 1 is 1.38 bits per heavy atom. The van der Waals surface area contributed by atoms with E-state index in [1.54, 1.807) is 17.5 Å². The highest BCUT2D eigenvalue weighted by molar-refractivity contribution is 7.13. The molecule has 1 saturated heterocycles. The van der Waals surface area contributed by atoms with E-state index in [0.29, 0.717) is 5.13 Å². The highest BCUT2D eigenvalue weighted by atomic mass is 32.1. The first-order valence-corrected chi connectivity index (χ1v) is 7.42. The topological polar surface area (TPSA) is 75.2 Å². The molecule has 0 radical (unpaired) electrons. The average molecular weight is 302 g/mol. The fourth-order valence-corrected chi connectivity index (χ4v) is 3.08. The number of carbonyl (C=O) groups is 2. The Morgan fingerprint density at radius 3 is 2.81 bits per heavy atom. The number of anilines is 1. The largest absolute Gasteiger partial charge is 0.338 e. The van der Waals surface area contributed by atoms with Crippen LogP contribution < -0.4 is 5.32 Å². The third-order valence-corrected chi connectivity index (χ3v) is 4.26. The van der Waals surface area contributed by atoms with Gasteiger partial charge in [0.2, 0.25) is 16.9 Å². The van der Waals surface area contributed by atoms with E-state index in [4.69, 9.17) is 0 Å². The van der Waals surface area contributed by atoms with Crippen molar-refractivity contribution in [2.75, 3.05) is 12.4 Å². The van der Waals surface area contributed by atoms with Crippen molar-refractivity contribution in [3.63, 3.8) is 0 Å². The number of rotatable bonds is 3. The Kier molecular flexibility index (Phi) is 3.66. The van der Waals surface area contributed by atoms with Crippen molar-refractivity contribution in [1.82, 2.24) is 15.1 Å². The molecule has 2 atom stereocenters. The van der Waals surface area contributed by atoms with Gasteiger partial charge in [0.25, 0.3) is 0 Å². The quantitative estimate of drug-likeness (QED) is 0.936. The van der Waals surface area contributed by atoms with E-state index in [1.165, 1.54) is 11.3 Å². The van der Waals surface area contributed by atoms with Crippen molar-refractivity contribution in [3.05, 3.63) is 41.4 Å². The molecule has 1 N–H and O–H groups in total. The van der Waals surface area contributed by atoms with Crippen molar-refractivity contribution < 1.29 is 9.59 Å². The predicted octanol–water partition coefficient (Wildman–Crippen LogP) is 1.70. The molecule has 1 fully saturated rings. The standard InChI is InChI=1S/C14H14N4O2S/c1-18-11(19)7-10(12(18)9-5-3-2-4-6-9)13(20)16-14-17-15-8-21-14/h2-6,8,10,12H,7H2,1H3,(H,16,17,20)/t10-,12-/m0/s1. The van der Waals surface area contributed by atoms with Gasteiger partial charge in [-0.3, -0.25) is 9.59 Å². The van der Waals surface area contributed by atoms with Crippen LogP contribution in [0, 0.1) is 5.92 Å². The van der Waals surface area contributed by atoms with E-state index in [9.17, 15) is 9.59 Å². The van der Waals surface area contributed by atoms with Crippen LogP contribution in [0.1, 0.15) is 18.0 Å². The summed E-state index contributed by atoms with van der Waals surface area (Å²) in [4.78, 5) is 26.1. The van der Waals surface area contributed by atoms with Gasteiger partial charge in [-0.2, -0.15) is 0 Å². The summed E-state index contributed by atoms with van der Waals surface area (Å²) in [6.07, 6.45) is 0.209. The lowest BCUT2D eigenvalue weighted by Crippen LogP contribution is -2.29. The van der Waals surface area contributed by atoms with Crippen molar-refractivity contribution in [2.45, 2.75) is 12.5 Å². The fourth-order valence-electron chi connectivity index (χ4n) is 2.64. The molecule has 6 nitrogen and oxygen atoms in total. The van der Waals surface area contributed by atoms with Gasteiger partial charge in [-0.05, 0) is 5.56 Å². The Labute approximate surface area is 125 Å². The normalized spacial score (nSPS) is 21.6. The highest BCUT2D eigenvalue weighted by Crippen LogP contribution is 2.37. The number of nitrogens with zero attached hydrogens (tertiary/aromatic N) is 3. The summed E-state index contributed by atoms with van der Waals surface area (Å²) in [5, 5.41) is 10.7. The van der Waals surface area contributed by atoms with Gasteiger partial charge >= 0.3 is 0 Å². The fraction of sp³-hybridized carbons (Fsp3) is 0.286. The second-order valence-electron chi connectivity index (χ2n) is 4.90. The first-order valence-electron chi connectivity index (χ1n) is 6.54. The molecule has 21 heavy (non-hydrogen) atoms. The molecule has 1 aliphatic heterocycles. The van der Waals surface area contributed by atoms with Gasteiger partial charge in [-0.15, -0.1) is 10.2 Å². The van der Waals surface area contributed by atoms with Crippen molar-refractivity contribution in [3.8, 4) is 0 Å². The van der Waals surface area contributed by atoms with Crippen LogP contribution in [0.25, 0.3) is 0 Å². The third kappa shape index (κ3) is 2.64. The zero-order valence-corrected chi connectivity index (χ0v) is 12.2. The Morgan fingerprint density at radius 2 is 2.14 bits per heavy atom. The molecule has 7 heteroatoms. The Bertz CT molecular complexity index is 644. The summed E-state index contributed by atoms with van der Waals surface area (Å²) in [5.41, 5.74) is 2.51. The summed E-state index contributed by atoms with van der Waals surface area (Å²) < 4.78 is 0. The van der Waals surface area contributed by atoms with Crippen LogP contribution in [0.15, 0.2) is 35.8 Å². The molecule has 1 aromatic carbocycles. The number of hydrogen-bond donors (Lipinski definition) is 1.